The predicted octanol–water partition coefficient (Wildman–Crippen LogP) is 5.04. The van der Waals surface area contributed by atoms with E-state index < -0.39 is 0 Å². The van der Waals surface area contributed by atoms with Gasteiger partial charge in [0.25, 0.3) is 5.91 Å². The van der Waals surface area contributed by atoms with E-state index in [0.29, 0.717) is 5.56 Å². The van der Waals surface area contributed by atoms with E-state index in [-0.39, 0.29) is 5.91 Å². The van der Waals surface area contributed by atoms with Gasteiger partial charge in [0.1, 0.15) is 0 Å². The molecule has 1 N–H and O–H groups in total. The first kappa shape index (κ1) is 20.6. The molecule has 4 aromatic rings. The maximum atomic E-state index is 13.3. The summed E-state index contributed by atoms with van der Waals surface area (Å²) in [6.07, 6.45) is 1.93. The number of carbonyl (C=O) groups excluding carboxylic acids is 1. The molecule has 0 atom stereocenters. The normalized spacial score (nSPS) is 11.0. The number of pyridine rings is 1. The van der Waals surface area contributed by atoms with Gasteiger partial charge in [-0.05, 0) is 57.2 Å². The molecule has 2 heterocycles. The predicted molar refractivity (Wildman–Crippen MR) is 127 cm³/mol. The summed E-state index contributed by atoms with van der Waals surface area (Å²) in [5.41, 5.74) is 5.83. The lowest BCUT2D eigenvalue weighted by Gasteiger charge is -2.21. The zero-order valence-corrected chi connectivity index (χ0v) is 18.4. The average molecular weight is 414 g/mol. The smallest absolute Gasteiger partial charge is 0.256 e. The lowest BCUT2D eigenvalue weighted by molar-refractivity contribution is 0.102. The highest BCUT2D eigenvalue weighted by atomic mass is 16.1. The standard InChI is InChI=1S/C25H27N5O/c1-5-30(6-2)19-13-11-18(12-14-19)26-25(31)21-15-24(22-16-29(4)28-17(22)3)27-23-10-8-7-9-20(21)23/h7-16H,5-6H2,1-4H3,(H,26,31). The van der Waals surface area contributed by atoms with E-state index in [2.05, 4.69) is 29.2 Å². The number of amides is 1. The third-order valence-electron chi connectivity index (χ3n) is 5.50. The van der Waals surface area contributed by atoms with Crippen molar-refractivity contribution < 1.29 is 4.79 Å². The van der Waals surface area contributed by atoms with Crippen LogP contribution < -0.4 is 10.2 Å². The van der Waals surface area contributed by atoms with E-state index >= 15 is 0 Å². The Morgan fingerprint density at radius 1 is 1.06 bits per heavy atom. The number of aromatic nitrogens is 3. The number of nitrogens with zero attached hydrogens (tertiary/aromatic N) is 4. The monoisotopic (exact) mass is 413 g/mol. The lowest BCUT2D eigenvalue weighted by Crippen LogP contribution is -2.21. The molecule has 0 saturated heterocycles. The summed E-state index contributed by atoms with van der Waals surface area (Å²) in [6.45, 7) is 8.11. The Hall–Kier alpha value is -3.67. The van der Waals surface area contributed by atoms with Gasteiger partial charge in [-0.1, -0.05) is 18.2 Å². The van der Waals surface area contributed by atoms with Gasteiger partial charge >= 0.3 is 0 Å². The van der Waals surface area contributed by atoms with Crippen molar-refractivity contribution in [1.82, 2.24) is 14.8 Å². The van der Waals surface area contributed by atoms with Gasteiger partial charge < -0.3 is 10.2 Å². The SMILES string of the molecule is CCN(CC)c1ccc(NC(=O)c2cc(-c3cn(C)nc3C)nc3ccccc23)cc1. The molecule has 6 nitrogen and oxygen atoms in total. The van der Waals surface area contributed by atoms with Crippen LogP contribution >= 0.6 is 0 Å². The van der Waals surface area contributed by atoms with Gasteiger partial charge in [-0.15, -0.1) is 0 Å². The topological polar surface area (TPSA) is 63.1 Å². The number of benzene rings is 2. The number of hydrogen-bond acceptors (Lipinski definition) is 4. The van der Waals surface area contributed by atoms with Crippen molar-refractivity contribution in [2.45, 2.75) is 20.8 Å². The van der Waals surface area contributed by atoms with Gasteiger partial charge in [-0.25, -0.2) is 4.98 Å². The van der Waals surface area contributed by atoms with Crippen molar-refractivity contribution in [2.24, 2.45) is 7.05 Å². The maximum Gasteiger partial charge on any atom is 0.256 e. The molecule has 31 heavy (non-hydrogen) atoms. The summed E-state index contributed by atoms with van der Waals surface area (Å²) in [7, 11) is 1.88. The van der Waals surface area contributed by atoms with Crippen molar-refractivity contribution in [3.05, 3.63) is 72.1 Å². The molecular weight excluding hydrogens is 386 g/mol. The second-order valence-electron chi connectivity index (χ2n) is 7.55. The molecule has 0 saturated carbocycles. The summed E-state index contributed by atoms with van der Waals surface area (Å²) in [6, 6.07) is 17.5. The van der Waals surface area contributed by atoms with Gasteiger partial charge in [0.2, 0.25) is 0 Å². The van der Waals surface area contributed by atoms with Gasteiger partial charge in [0.15, 0.2) is 0 Å². The maximum absolute atomic E-state index is 13.3. The van der Waals surface area contributed by atoms with E-state index in [9.17, 15) is 4.79 Å². The Kier molecular flexibility index (Phi) is 5.71. The van der Waals surface area contributed by atoms with Crippen LogP contribution in [-0.4, -0.2) is 33.8 Å². The number of aryl methyl sites for hydroxylation is 2. The van der Waals surface area contributed by atoms with E-state index in [0.717, 1.165) is 52.3 Å². The Morgan fingerprint density at radius 3 is 2.42 bits per heavy atom. The van der Waals surface area contributed by atoms with Crippen LogP contribution in [-0.2, 0) is 7.05 Å². The molecule has 1 amide bonds. The largest absolute Gasteiger partial charge is 0.372 e. The molecule has 158 valence electrons. The van der Waals surface area contributed by atoms with Crippen molar-refractivity contribution >= 4 is 28.2 Å². The fourth-order valence-corrected chi connectivity index (χ4v) is 3.90. The van der Waals surface area contributed by atoms with Gasteiger partial charge in [0, 0.05) is 48.7 Å². The number of nitrogens with one attached hydrogen (secondary N) is 1. The third kappa shape index (κ3) is 4.14. The number of rotatable bonds is 6. The molecule has 0 radical (unpaired) electrons. The molecule has 0 aliphatic carbocycles. The first-order valence-electron chi connectivity index (χ1n) is 10.6. The Bertz CT molecular complexity index is 1220. The first-order chi connectivity index (χ1) is 15.0. The fraction of sp³-hybridized carbons (Fsp3) is 0.240. The quantitative estimate of drug-likeness (QED) is 0.481. The number of para-hydroxylation sites is 1. The molecule has 6 heteroatoms. The summed E-state index contributed by atoms with van der Waals surface area (Å²) in [4.78, 5) is 20.3. The van der Waals surface area contributed by atoms with Crippen LogP contribution in [0.3, 0.4) is 0 Å². The fourth-order valence-electron chi connectivity index (χ4n) is 3.90. The van der Waals surface area contributed by atoms with Crippen molar-refractivity contribution in [1.29, 1.82) is 0 Å². The number of fused-ring (bicyclic) bond motifs is 1. The van der Waals surface area contributed by atoms with Crippen LogP contribution in [0.4, 0.5) is 11.4 Å². The molecule has 2 aromatic heterocycles. The van der Waals surface area contributed by atoms with Crippen LogP contribution in [0.25, 0.3) is 22.2 Å². The zero-order chi connectivity index (χ0) is 22.0. The Labute approximate surface area is 182 Å². The average Bonchev–Trinajstić information content (AvgIpc) is 3.12. The molecular formula is C25H27N5O. The van der Waals surface area contributed by atoms with Crippen molar-refractivity contribution in [3.8, 4) is 11.3 Å². The van der Waals surface area contributed by atoms with Crippen LogP contribution in [0.1, 0.15) is 29.9 Å². The highest BCUT2D eigenvalue weighted by Crippen LogP contribution is 2.27. The highest BCUT2D eigenvalue weighted by Gasteiger charge is 2.16. The summed E-state index contributed by atoms with van der Waals surface area (Å²) in [5, 5.41) is 8.29. The van der Waals surface area contributed by atoms with Crippen LogP contribution in [0.5, 0.6) is 0 Å². The second kappa shape index (κ2) is 8.60. The van der Waals surface area contributed by atoms with E-state index in [1.54, 1.807) is 4.68 Å². The van der Waals surface area contributed by atoms with E-state index in [1.165, 1.54) is 0 Å². The number of anilines is 2. The minimum absolute atomic E-state index is 0.156. The Morgan fingerprint density at radius 2 is 1.77 bits per heavy atom. The minimum atomic E-state index is -0.156. The zero-order valence-electron chi connectivity index (χ0n) is 18.4. The van der Waals surface area contributed by atoms with Gasteiger partial charge in [0.05, 0.1) is 22.5 Å². The van der Waals surface area contributed by atoms with Crippen LogP contribution in [0.2, 0.25) is 0 Å². The highest BCUT2D eigenvalue weighted by molar-refractivity contribution is 6.13. The first-order valence-corrected chi connectivity index (χ1v) is 10.6. The molecule has 0 aliphatic heterocycles. The van der Waals surface area contributed by atoms with E-state index in [4.69, 9.17) is 4.98 Å². The summed E-state index contributed by atoms with van der Waals surface area (Å²) >= 11 is 0. The molecule has 0 spiro atoms. The second-order valence-corrected chi connectivity index (χ2v) is 7.55. The minimum Gasteiger partial charge on any atom is -0.372 e. The van der Waals surface area contributed by atoms with Gasteiger partial charge in [-0.2, -0.15) is 5.10 Å². The molecule has 0 aliphatic rings. The molecule has 0 unspecified atom stereocenters. The number of hydrogen-bond donors (Lipinski definition) is 1. The lowest BCUT2D eigenvalue weighted by atomic mass is 10.0. The van der Waals surface area contributed by atoms with Gasteiger partial charge in [-0.3, -0.25) is 9.48 Å². The third-order valence-corrected chi connectivity index (χ3v) is 5.50. The van der Waals surface area contributed by atoms with Crippen LogP contribution in [0, 0.1) is 6.92 Å². The molecule has 0 bridgehead atoms. The summed E-state index contributed by atoms with van der Waals surface area (Å²) < 4.78 is 1.76. The van der Waals surface area contributed by atoms with Crippen molar-refractivity contribution in [2.75, 3.05) is 23.3 Å². The molecule has 2 aromatic carbocycles. The molecule has 4 rings (SSSR count). The molecule has 0 fully saturated rings. The van der Waals surface area contributed by atoms with Crippen LogP contribution in [0.15, 0.2) is 60.8 Å². The number of carbonyl (C=O) groups is 1. The summed E-state index contributed by atoms with van der Waals surface area (Å²) in [5.74, 6) is -0.156. The van der Waals surface area contributed by atoms with E-state index in [1.807, 2.05) is 74.8 Å². The Balaban J connectivity index is 1.70. The van der Waals surface area contributed by atoms with Crippen molar-refractivity contribution in [3.63, 3.8) is 0 Å².